The molecule has 0 atom stereocenters. The van der Waals surface area contributed by atoms with Gasteiger partial charge in [-0.3, -0.25) is 9.67 Å². The molecule has 0 saturated carbocycles. The van der Waals surface area contributed by atoms with Crippen LogP contribution in [0, 0.1) is 6.92 Å². The molecule has 0 spiro atoms. The van der Waals surface area contributed by atoms with Crippen LogP contribution in [0.2, 0.25) is 0 Å². The SMILES string of the molecule is Cc1nn(C)c(Nc2cccc3cccnc23)c1N. The standard InChI is InChI=1S/C14H15N5/c1-9-12(15)14(19(2)18-9)17-11-7-3-5-10-6-4-8-16-13(10)11/h3-8,17H,15H2,1-2H3. The number of hydrogen-bond acceptors (Lipinski definition) is 4. The Morgan fingerprint density at radius 3 is 2.74 bits per heavy atom. The summed E-state index contributed by atoms with van der Waals surface area (Å²) < 4.78 is 1.74. The zero-order chi connectivity index (χ0) is 13.4. The number of nitrogen functional groups attached to an aromatic ring is 1. The predicted octanol–water partition coefficient (Wildman–Crippen LogP) is 2.60. The predicted molar refractivity (Wildman–Crippen MR) is 77.4 cm³/mol. The zero-order valence-electron chi connectivity index (χ0n) is 10.9. The van der Waals surface area contributed by atoms with Gasteiger partial charge in [0.25, 0.3) is 0 Å². The summed E-state index contributed by atoms with van der Waals surface area (Å²) in [5.74, 6) is 0.788. The molecule has 0 aliphatic heterocycles. The maximum Gasteiger partial charge on any atom is 0.152 e. The third-order valence-corrected chi connectivity index (χ3v) is 3.15. The quantitative estimate of drug-likeness (QED) is 0.736. The summed E-state index contributed by atoms with van der Waals surface area (Å²) in [6.07, 6.45) is 1.78. The molecule has 5 heteroatoms. The summed E-state index contributed by atoms with van der Waals surface area (Å²) in [6, 6.07) is 9.97. The average molecular weight is 253 g/mol. The average Bonchev–Trinajstić information content (AvgIpc) is 2.66. The van der Waals surface area contributed by atoms with Crippen LogP contribution in [-0.2, 0) is 7.05 Å². The lowest BCUT2D eigenvalue weighted by Gasteiger charge is -2.09. The number of hydrogen-bond donors (Lipinski definition) is 2. The number of rotatable bonds is 2. The van der Waals surface area contributed by atoms with Gasteiger partial charge in [-0.25, -0.2) is 0 Å². The fraction of sp³-hybridized carbons (Fsp3) is 0.143. The fourth-order valence-electron chi connectivity index (χ4n) is 2.16. The first kappa shape index (κ1) is 11.5. The van der Waals surface area contributed by atoms with Gasteiger partial charge in [0.05, 0.1) is 22.6 Å². The molecule has 5 nitrogen and oxygen atoms in total. The second-order valence-corrected chi connectivity index (χ2v) is 4.48. The van der Waals surface area contributed by atoms with Crippen molar-refractivity contribution in [3.05, 3.63) is 42.2 Å². The molecule has 19 heavy (non-hydrogen) atoms. The van der Waals surface area contributed by atoms with E-state index >= 15 is 0 Å². The summed E-state index contributed by atoms with van der Waals surface area (Å²) in [6.45, 7) is 1.89. The molecule has 0 bridgehead atoms. The molecule has 3 N–H and O–H groups in total. The van der Waals surface area contributed by atoms with Gasteiger partial charge in [0, 0.05) is 18.6 Å². The minimum atomic E-state index is 0.662. The van der Waals surface area contributed by atoms with Gasteiger partial charge in [-0.15, -0.1) is 0 Å². The van der Waals surface area contributed by atoms with E-state index in [-0.39, 0.29) is 0 Å². The summed E-state index contributed by atoms with van der Waals surface area (Å²) in [7, 11) is 1.87. The molecule has 0 unspecified atom stereocenters. The van der Waals surface area contributed by atoms with E-state index in [1.807, 2.05) is 44.3 Å². The van der Waals surface area contributed by atoms with E-state index in [0.717, 1.165) is 28.1 Å². The highest BCUT2D eigenvalue weighted by Crippen LogP contribution is 2.28. The summed E-state index contributed by atoms with van der Waals surface area (Å²) in [4.78, 5) is 4.41. The van der Waals surface area contributed by atoms with Crippen LogP contribution in [0.1, 0.15) is 5.69 Å². The normalized spacial score (nSPS) is 10.8. The maximum absolute atomic E-state index is 6.03. The molecule has 2 heterocycles. The van der Waals surface area contributed by atoms with Gasteiger partial charge in [-0.1, -0.05) is 18.2 Å². The van der Waals surface area contributed by atoms with Crippen LogP contribution < -0.4 is 11.1 Å². The van der Waals surface area contributed by atoms with Gasteiger partial charge < -0.3 is 11.1 Å². The Hall–Kier alpha value is -2.56. The molecule has 3 rings (SSSR count). The third-order valence-electron chi connectivity index (χ3n) is 3.15. The number of aromatic nitrogens is 3. The van der Waals surface area contributed by atoms with Crippen LogP contribution in [0.5, 0.6) is 0 Å². The van der Waals surface area contributed by atoms with Crippen molar-refractivity contribution in [1.29, 1.82) is 0 Å². The first-order valence-electron chi connectivity index (χ1n) is 6.06. The molecule has 0 aliphatic rings. The summed E-state index contributed by atoms with van der Waals surface area (Å²) >= 11 is 0. The van der Waals surface area contributed by atoms with Crippen molar-refractivity contribution < 1.29 is 0 Å². The van der Waals surface area contributed by atoms with E-state index < -0.39 is 0 Å². The largest absolute Gasteiger partial charge is 0.394 e. The van der Waals surface area contributed by atoms with Crippen molar-refractivity contribution in [2.45, 2.75) is 6.92 Å². The van der Waals surface area contributed by atoms with E-state index in [2.05, 4.69) is 15.4 Å². The lowest BCUT2D eigenvalue weighted by molar-refractivity contribution is 0.765. The molecule has 0 amide bonds. The van der Waals surface area contributed by atoms with Gasteiger partial charge in [0.1, 0.15) is 0 Å². The minimum absolute atomic E-state index is 0.662. The molecule has 0 aliphatic carbocycles. The number of benzene rings is 1. The lowest BCUT2D eigenvalue weighted by atomic mass is 10.2. The highest BCUT2D eigenvalue weighted by atomic mass is 15.3. The molecule has 0 saturated heterocycles. The summed E-state index contributed by atoms with van der Waals surface area (Å²) in [5, 5.41) is 8.70. The van der Waals surface area contributed by atoms with Crippen LogP contribution in [0.15, 0.2) is 36.5 Å². The van der Waals surface area contributed by atoms with Crippen molar-refractivity contribution in [2.24, 2.45) is 7.05 Å². The number of para-hydroxylation sites is 1. The van der Waals surface area contributed by atoms with Crippen LogP contribution in [0.3, 0.4) is 0 Å². The Morgan fingerprint density at radius 1 is 1.21 bits per heavy atom. The second kappa shape index (κ2) is 4.28. The highest BCUT2D eigenvalue weighted by Gasteiger charge is 2.11. The van der Waals surface area contributed by atoms with E-state index in [1.165, 1.54) is 0 Å². The second-order valence-electron chi connectivity index (χ2n) is 4.48. The van der Waals surface area contributed by atoms with Crippen LogP contribution in [-0.4, -0.2) is 14.8 Å². The summed E-state index contributed by atoms with van der Waals surface area (Å²) in [5.41, 5.74) is 9.35. The Balaban J connectivity index is 2.11. The Bertz CT molecular complexity index is 739. The van der Waals surface area contributed by atoms with E-state index in [1.54, 1.807) is 10.9 Å². The van der Waals surface area contributed by atoms with Gasteiger partial charge in [-0.2, -0.15) is 5.10 Å². The van der Waals surface area contributed by atoms with Crippen molar-refractivity contribution in [3.63, 3.8) is 0 Å². The van der Waals surface area contributed by atoms with Crippen molar-refractivity contribution in [2.75, 3.05) is 11.1 Å². The molecular weight excluding hydrogens is 238 g/mol. The number of fused-ring (bicyclic) bond motifs is 1. The molecule has 2 aromatic heterocycles. The smallest absolute Gasteiger partial charge is 0.152 e. The zero-order valence-corrected chi connectivity index (χ0v) is 10.9. The monoisotopic (exact) mass is 253 g/mol. The number of nitrogens with two attached hydrogens (primary N) is 1. The first-order chi connectivity index (χ1) is 9.16. The number of nitrogens with one attached hydrogen (secondary N) is 1. The topological polar surface area (TPSA) is 68.8 Å². The van der Waals surface area contributed by atoms with Crippen LogP contribution in [0.4, 0.5) is 17.2 Å². The Morgan fingerprint density at radius 2 is 2.00 bits per heavy atom. The van der Waals surface area contributed by atoms with Crippen molar-refractivity contribution in [1.82, 2.24) is 14.8 Å². The molecule has 3 aromatic rings. The number of pyridine rings is 1. The van der Waals surface area contributed by atoms with Crippen molar-refractivity contribution >= 4 is 28.1 Å². The Labute approximate surface area is 111 Å². The lowest BCUT2D eigenvalue weighted by Crippen LogP contribution is -2.02. The molecule has 0 fully saturated rings. The van der Waals surface area contributed by atoms with E-state index in [9.17, 15) is 0 Å². The van der Waals surface area contributed by atoms with Crippen LogP contribution >= 0.6 is 0 Å². The molecule has 96 valence electrons. The maximum atomic E-state index is 6.03. The van der Waals surface area contributed by atoms with Gasteiger partial charge >= 0.3 is 0 Å². The molecule has 1 aromatic carbocycles. The van der Waals surface area contributed by atoms with Gasteiger partial charge in [-0.05, 0) is 19.1 Å². The fourth-order valence-corrected chi connectivity index (χ4v) is 2.16. The highest BCUT2D eigenvalue weighted by molar-refractivity contribution is 5.92. The van der Waals surface area contributed by atoms with E-state index in [4.69, 9.17) is 5.73 Å². The van der Waals surface area contributed by atoms with E-state index in [0.29, 0.717) is 5.69 Å². The number of nitrogens with zero attached hydrogens (tertiary/aromatic N) is 3. The molecule has 0 radical (unpaired) electrons. The third kappa shape index (κ3) is 1.89. The first-order valence-corrected chi connectivity index (χ1v) is 6.06. The molecular formula is C14H15N5. The Kier molecular flexibility index (Phi) is 2.59. The van der Waals surface area contributed by atoms with Gasteiger partial charge in [0.15, 0.2) is 5.82 Å². The van der Waals surface area contributed by atoms with Gasteiger partial charge in [0.2, 0.25) is 0 Å². The van der Waals surface area contributed by atoms with Crippen molar-refractivity contribution in [3.8, 4) is 0 Å². The minimum Gasteiger partial charge on any atom is -0.394 e. The number of aryl methyl sites for hydroxylation is 2. The number of anilines is 3. The van der Waals surface area contributed by atoms with Crippen LogP contribution in [0.25, 0.3) is 10.9 Å².